The second-order valence-electron chi connectivity index (χ2n) is 10.6. The van der Waals surface area contributed by atoms with Crippen LogP contribution in [0.2, 0.25) is 0 Å². The Bertz CT molecular complexity index is 644. The van der Waals surface area contributed by atoms with Gasteiger partial charge in [0.25, 0.3) is 0 Å². The summed E-state index contributed by atoms with van der Waals surface area (Å²) in [5, 5.41) is 10.6. The maximum atomic E-state index is 12.4. The lowest BCUT2D eigenvalue weighted by molar-refractivity contribution is -0.187. The van der Waals surface area contributed by atoms with E-state index in [1.54, 1.807) is 6.92 Å². The molecule has 0 unspecified atom stereocenters. The molecule has 0 aromatic carbocycles. The minimum absolute atomic E-state index is 0.0111. The predicted molar refractivity (Wildman–Crippen MR) is 103 cm³/mol. The number of esters is 1. The molecule has 0 amide bonds. The lowest BCUT2D eigenvalue weighted by Crippen LogP contribution is -2.58. The number of aliphatic hydroxyl groups is 1. The number of hydrogen-bond acceptors (Lipinski definition) is 4. The first-order chi connectivity index (χ1) is 12.6. The third-order valence-electron chi connectivity index (χ3n) is 9.64. The number of fused-ring (bicyclic) bond motifs is 5. The van der Waals surface area contributed by atoms with Crippen molar-refractivity contribution in [2.45, 2.75) is 97.2 Å². The van der Waals surface area contributed by atoms with Gasteiger partial charge in [-0.2, -0.15) is 0 Å². The molecular formula is C23H36O4. The number of aliphatic hydroxyl groups excluding tert-OH is 1. The molecule has 0 radical (unpaired) electrons. The molecule has 4 aliphatic carbocycles. The van der Waals surface area contributed by atoms with Gasteiger partial charge in [0, 0.05) is 6.92 Å². The maximum Gasteiger partial charge on any atom is 0.303 e. The van der Waals surface area contributed by atoms with Crippen molar-refractivity contribution < 1.29 is 19.4 Å². The van der Waals surface area contributed by atoms with Crippen LogP contribution in [0.3, 0.4) is 0 Å². The smallest absolute Gasteiger partial charge is 0.303 e. The number of hydrogen-bond donors (Lipinski definition) is 1. The second-order valence-corrected chi connectivity index (χ2v) is 10.6. The van der Waals surface area contributed by atoms with Gasteiger partial charge in [0.05, 0.1) is 6.10 Å². The highest BCUT2D eigenvalue weighted by molar-refractivity contribution is 5.87. The van der Waals surface area contributed by atoms with E-state index in [4.69, 9.17) is 4.74 Å². The van der Waals surface area contributed by atoms with E-state index < -0.39 is 5.60 Å². The zero-order valence-corrected chi connectivity index (χ0v) is 17.4. The molecule has 152 valence electrons. The van der Waals surface area contributed by atoms with Crippen LogP contribution in [0.25, 0.3) is 0 Å². The highest BCUT2D eigenvalue weighted by Gasteiger charge is 2.62. The fourth-order valence-corrected chi connectivity index (χ4v) is 7.96. The van der Waals surface area contributed by atoms with Crippen LogP contribution in [-0.4, -0.2) is 28.6 Å². The molecule has 4 nitrogen and oxygen atoms in total. The molecule has 0 bridgehead atoms. The molecule has 27 heavy (non-hydrogen) atoms. The third kappa shape index (κ3) is 2.73. The SMILES string of the molecule is CC(=O)O[C@]1(C(C)=O)CC[C@@]2(C)[C@@H](CC[C@H]3[C@H]2CC[C@@]2(C)[C@@H]3CC[C@@H]2O)C1. The zero-order valence-electron chi connectivity index (χ0n) is 17.4. The van der Waals surface area contributed by atoms with Gasteiger partial charge in [-0.25, -0.2) is 0 Å². The van der Waals surface area contributed by atoms with Crippen molar-refractivity contribution in [2.24, 2.45) is 34.5 Å². The van der Waals surface area contributed by atoms with E-state index in [1.807, 2.05) is 0 Å². The van der Waals surface area contributed by atoms with Gasteiger partial charge in [0.15, 0.2) is 11.4 Å². The Morgan fingerprint density at radius 1 is 0.889 bits per heavy atom. The highest BCUT2D eigenvalue weighted by atomic mass is 16.6. The summed E-state index contributed by atoms with van der Waals surface area (Å²) >= 11 is 0. The number of ketones is 1. The Morgan fingerprint density at radius 3 is 2.26 bits per heavy atom. The Hall–Kier alpha value is -0.900. The third-order valence-corrected chi connectivity index (χ3v) is 9.64. The summed E-state index contributed by atoms with van der Waals surface area (Å²) in [6, 6.07) is 0. The largest absolute Gasteiger partial charge is 0.451 e. The van der Waals surface area contributed by atoms with Gasteiger partial charge in [-0.3, -0.25) is 9.59 Å². The van der Waals surface area contributed by atoms with Crippen LogP contribution < -0.4 is 0 Å². The standard InChI is InChI=1S/C23H36O4/c1-14(24)23(27-15(2)25)12-11-21(3)16(13-23)5-6-17-18-7-8-20(26)22(18,4)10-9-19(17)21/h16-20,26H,5-13H2,1-4H3/t16-,17+,18+,19+,20-,21-,22-,23+/m0/s1. The van der Waals surface area contributed by atoms with E-state index in [-0.39, 0.29) is 28.7 Å². The molecule has 0 heterocycles. The zero-order chi connectivity index (χ0) is 19.6. The molecule has 0 aromatic heterocycles. The van der Waals surface area contributed by atoms with Crippen LogP contribution in [0, 0.1) is 34.5 Å². The molecular weight excluding hydrogens is 340 g/mol. The van der Waals surface area contributed by atoms with Gasteiger partial charge in [-0.1, -0.05) is 13.8 Å². The molecule has 4 fully saturated rings. The molecule has 0 saturated heterocycles. The van der Waals surface area contributed by atoms with E-state index in [0.29, 0.717) is 36.5 Å². The van der Waals surface area contributed by atoms with Gasteiger partial charge < -0.3 is 9.84 Å². The van der Waals surface area contributed by atoms with E-state index in [0.717, 1.165) is 25.7 Å². The molecule has 1 N–H and O–H groups in total. The molecule has 8 atom stereocenters. The van der Waals surface area contributed by atoms with Crippen LogP contribution in [0.15, 0.2) is 0 Å². The lowest BCUT2D eigenvalue weighted by atomic mass is 9.44. The first-order valence-corrected chi connectivity index (χ1v) is 11.0. The second kappa shape index (κ2) is 6.30. The monoisotopic (exact) mass is 376 g/mol. The van der Waals surface area contributed by atoms with Crippen molar-refractivity contribution >= 4 is 11.8 Å². The summed E-state index contributed by atoms with van der Waals surface area (Å²) in [6.07, 6.45) is 8.99. The topological polar surface area (TPSA) is 63.6 Å². The number of ether oxygens (including phenoxy) is 1. The van der Waals surface area contributed by atoms with Gasteiger partial charge >= 0.3 is 5.97 Å². The lowest BCUT2D eigenvalue weighted by Gasteiger charge is -2.61. The molecule has 0 aliphatic heterocycles. The molecule has 4 aliphatic rings. The van der Waals surface area contributed by atoms with Crippen LogP contribution in [-0.2, 0) is 14.3 Å². The fourth-order valence-electron chi connectivity index (χ4n) is 7.96. The molecule has 4 heteroatoms. The van der Waals surface area contributed by atoms with Crippen molar-refractivity contribution in [3.05, 3.63) is 0 Å². The highest BCUT2D eigenvalue weighted by Crippen LogP contribution is 2.67. The minimum atomic E-state index is -0.893. The molecule has 0 aromatic rings. The Kier molecular flexibility index (Phi) is 4.53. The predicted octanol–water partition coefficient (Wildman–Crippen LogP) is 4.28. The number of Topliss-reactive ketones (excluding diaryl/α,β-unsaturated/α-hetero) is 1. The van der Waals surface area contributed by atoms with Crippen molar-refractivity contribution in [3.63, 3.8) is 0 Å². The summed E-state index contributed by atoms with van der Waals surface area (Å²) in [7, 11) is 0. The average molecular weight is 377 g/mol. The van der Waals surface area contributed by atoms with E-state index in [1.165, 1.54) is 26.2 Å². The van der Waals surface area contributed by atoms with Crippen LogP contribution in [0.5, 0.6) is 0 Å². The van der Waals surface area contributed by atoms with Crippen molar-refractivity contribution in [1.82, 2.24) is 0 Å². The summed E-state index contributed by atoms with van der Waals surface area (Å²) in [6.45, 7) is 7.77. The van der Waals surface area contributed by atoms with Gasteiger partial charge in [-0.05, 0) is 99.2 Å². The molecule has 0 spiro atoms. The number of rotatable bonds is 2. The summed E-state index contributed by atoms with van der Waals surface area (Å²) in [5.41, 5.74) is -0.549. The summed E-state index contributed by atoms with van der Waals surface area (Å²) in [5.74, 6) is 2.17. The molecule has 4 saturated carbocycles. The molecule has 4 rings (SSSR count). The number of carbonyl (C=O) groups is 2. The first kappa shape index (κ1) is 19.4. The van der Waals surface area contributed by atoms with Crippen molar-refractivity contribution in [3.8, 4) is 0 Å². The first-order valence-electron chi connectivity index (χ1n) is 11.0. The summed E-state index contributed by atoms with van der Waals surface area (Å²) < 4.78 is 5.65. The average Bonchev–Trinajstić information content (AvgIpc) is 2.90. The van der Waals surface area contributed by atoms with Gasteiger partial charge in [-0.15, -0.1) is 0 Å². The van der Waals surface area contributed by atoms with Crippen molar-refractivity contribution in [2.75, 3.05) is 0 Å². The normalized spacial score (nSPS) is 51.7. The van der Waals surface area contributed by atoms with Gasteiger partial charge in [0.1, 0.15) is 0 Å². The Labute approximate surface area is 163 Å². The van der Waals surface area contributed by atoms with Gasteiger partial charge in [0.2, 0.25) is 0 Å². The summed E-state index contributed by atoms with van der Waals surface area (Å²) in [4.78, 5) is 24.1. The Morgan fingerprint density at radius 2 is 1.59 bits per heavy atom. The maximum absolute atomic E-state index is 12.4. The van der Waals surface area contributed by atoms with Crippen LogP contribution in [0.1, 0.15) is 85.5 Å². The van der Waals surface area contributed by atoms with Crippen molar-refractivity contribution in [1.29, 1.82) is 0 Å². The van der Waals surface area contributed by atoms with E-state index >= 15 is 0 Å². The number of carbonyl (C=O) groups excluding carboxylic acids is 2. The van der Waals surface area contributed by atoms with Crippen LogP contribution in [0.4, 0.5) is 0 Å². The quantitative estimate of drug-likeness (QED) is 0.731. The van der Waals surface area contributed by atoms with E-state index in [2.05, 4.69) is 13.8 Å². The Balaban J connectivity index is 1.59. The minimum Gasteiger partial charge on any atom is -0.451 e. The van der Waals surface area contributed by atoms with Crippen LogP contribution >= 0.6 is 0 Å². The van der Waals surface area contributed by atoms with E-state index in [9.17, 15) is 14.7 Å². The fraction of sp³-hybridized carbons (Fsp3) is 0.913.